The fourth-order valence-electron chi connectivity index (χ4n) is 5.39. The third kappa shape index (κ3) is 7.39. The standard InChI is InChI=1S/C36H41O8P/c1-34(2,3)41-30(37)27(28-31(38)43-36(7,8)44-32(28)39)29(33(40)42-35(4,5)6)45(24-18-12-9-13-19-24,25-20-14-10-15-21-25)26-22-16-11-17-23-26/h9-23,27-28H,1-8H3. The summed E-state index contributed by atoms with van der Waals surface area (Å²) in [6.07, 6.45) is 0. The summed E-state index contributed by atoms with van der Waals surface area (Å²) in [5.41, 5.74) is -2.04. The van der Waals surface area contributed by atoms with Crippen LogP contribution in [0.3, 0.4) is 0 Å². The van der Waals surface area contributed by atoms with Gasteiger partial charge in [-0.3, -0.25) is 14.4 Å². The van der Waals surface area contributed by atoms with Gasteiger partial charge in [0.25, 0.3) is 5.79 Å². The third-order valence-electron chi connectivity index (χ3n) is 6.89. The summed E-state index contributed by atoms with van der Waals surface area (Å²) in [6, 6.07) is 27.9. The van der Waals surface area contributed by atoms with Crippen molar-refractivity contribution in [3.63, 3.8) is 0 Å². The van der Waals surface area contributed by atoms with Crippen LogP contribution in [0.4, 0.5) is 0 Å². The zero-order valence-corrected chi connectivity index (χ0v) is 27.9. The first-order chi connectivity index (χ1) is 21.0. The first kappa shape index (κ1) is 33.7. The van der Waals surface area contributed by atoms with Gasteiger partial charge in [0, 0.05) is 13.8 Å². The third-order valence-corrected chi connectivity index (χ3v) is 11.3. The van der Waals surface area contributed by atoms with Crippen LogP contribution >= 0.6 is 6.89 Å². The quantitative estimate of drug-likeness (QED) is 0.157. The summed E-state index contributed by atoms with van der Waals surface area (Å²) in [5.74, 6) is -8.96. The minimum Gasteiger partial charge on any atom is -0.459 e. The predicted octanol–water partition coefficient (Wildman–Crippen LogP) is 4.90. The van der Waals surface area contributed by atoms with Crippen LogP contribution in [0.15, 0.2) is 91.0 Å². The zero-order chi connectivity index (χ0) is 33.2. The Bertz CT molecular complexity index is 1490. The molecule has 45 heavy (non-hydrogen) atoms. The molecular formula is C36H41O8P. The van der Waals surface area contributed by atoms with Gasteiger partial charge in [-0.2, -0.15) is 0 Å². The maximum Gasteiger partial charge on any atom is 0.336 e. The molecule has 0 spiro atoms. The minimum atomic E-state index is -3.41. The lowest BCUT2D eigenvalue weighted by Crippen LogP contribution is -2.55. The molecule has 1 fully saturated rings. The average Bonchev–Trinajstić information content (AvgIpc) is 2.93. The number of esters is 4. The molecule has 0 saturated carbocycles. The van der Waals surface area contributed by atoms with Crippen LogP contribution in [-0.4, -0.2) is 46.2 Å². The summed E-state index contributed by atoms with van der Waals surface area (Å²) >= 11 is 0. The fraction of sp³-hybridized carbons (Fsp3) is 0.361. The van der Waals surface area contributed by atoms with Gasteiger partial charge in [0.2, 0.25) is 0 Å². The summed E-state index contributed by atoms with van der Waals surface area (Å²) < 4.78 is 23.0. The maximum atomic E-state index is 14.9. The Hall–Kier alpha value is -4.16. The monoisotopic (exact) mass is 632 g/mol. The van der Waals surface area contributed by atoms with E-state index in [4.69, 9.17) is 18.9 Å². The first-order valence-corrected chi connectivity index (χ1v) is 16.6. The van der Waals surface area contributed by atoms with Crippen molar-refractivity contribution in [2.24, 2.45) is 11.8 Å². The first-order valence-electron chi connectivity index (χ1n) is 14.8. The molecule has 0 aromatic heterocycles. The van der Waals surface area contributed by atoms with E-state index in [0.29, 0.717) is 15.9 Å². The summed E-state index contributed by atoms with van der Waals surface area (Å²) in [7, 11) is 0. The van der Waals surface area contributed by atoms with Crippen molar-refractivity contribution in [1.29, 1.82) is 0 Å². The van der Waals surface area contributed by atoms with Gasteiger partial charge in [-0.25, -0.2) is 4.79 Å². The SMILES string of the molecule is CC(C)(C)OC(=O)C(C(C(=O)OC(C)(C)C)C1C(=O)OC(C)(C)OC1=O)=P(c1ccccc1)(c1ccccc1)c1ccccc1. The number of carbonyl (C=O) groups is 4. The molecule has 0 aliphatic carbocycles. The number of hydrogen-bond acceptors (Lipinski definition) is 8. The molecule has 9 heteroatoms. The highest BCUT2D eigenvalue weighted by molar-refractivity contribution is 7.96. The van der Waals surface area contributed by atoms with E-state index in [9.17, 15) is 19.2 Å². The largest absolute Gasteiger partial charge is 0.459 e. The minimum absolute atomic E-state index is 0.0751. The molecule has 4 rings (SSSR count). The van der Waals surface area contributed by atoms with E-state index in [-0.39, 0.29) is 5.29 Å². The van der Waals surface area contributed by atoms with Crippen molar-refractivity contribution < 1.29 is 38.1 Å². The van der Waals surface area contributed by atoms with Gasteiger partial charge >= 0.3 is 23.9 Å². The number of cyclic esters (lactones) is 2. The molecule has 1 atom stereocenters. The summed E-state index contributed by atoms with van der Waals surface area (Å²) in [5, 5.41) is 2.04. The van der Waals surface area contributed by atoms with Gasteiger partial charge < -0.3 is 18.9 Å². The van der Waals surface area contributed by atoms with E-state index in [1.54, 1.807) is 41.5 Å². The van der Waals surface area contributed by atoms with Crippen LogP contribution in [0.5, 0.6) is 0 Å². The molecule has 238 valence electrons. The molecule has 0 N–H and O–H groups in total. The molecule has 8 nitrogen and oxygen atoms in total. The van der Waals surface area contributed by atoms with Crippen molar-refractivity contribution in [3.05, 3.63) is 91.0 Å². The van der Waals surface area contributed by atoms with E-state index in [1.165, 1.54) is 13.8 Å². The van der Waals surface area contributed by atoms with Gasteiger partial charge in [-0.15, -0.1) is 0 Å². The van der Waals surface area contributed by atoms with Crippen molar-refractivity contribution in [2.45, 2.75) is 72.4 Å². The molecule has 1 unspecified atom stereocenters. The van der Waals surface area contributed by atoms with E-state index < -0.39 is 59.6 Å². The molecule has 1 heterocycles. The number of ether oxygens (including phenoxy) is 4. The highest BCUT2D eigenvalue weighted by Gasteiger charge is 2.56. The Labute approximate surface area is 265 Å². The molecular weight excluding hydrogens is 591 g/mol. The highest BCUT2D eigenvalue weighted by Crippen LogP contribution is 2.50. The van der Waals surface area contributed by atoms with Crippen molar-refractivity contribution >= 4 is 52.0 Å². The molecule has 1 aliphatic rings. The maximum absolute atomic E-state index is 14.9. The van der Waals surface area contributed by atoms with E-state index >= 15 is 0 Å². The Balaban J connectivity index is 2.31. The molecule has 0 bridgehead atoms. The molecule has 1 aliphatic heterocycles. The Kier molecular flexibility index (Phi) is 9.51. The van der Waals surface area contributed by atoms with Gasteiger partial charge in [0.05, 0.1) is 5.29 Å². The topological polar surface area (TPSA) is 105 Å². The van der Waals surface area contributed by atoms with Crippen molar-refractivity contribution in [2.75, 3.05) is 0 Å². The Morgan fingerprint density at radius 3 is 1.36 bits per heavy atom. The molecule has 0 amide bonds. The second-order valence-corrected chi connectivity index (χ2v) is 16.7. The number of rotatable bonds is 7. The fourth-order valence-corrected chi connectivity index (χ4v) is 9.97. The highest BCUT2D eigenvalue weighted by atomic mass is 31.2. The lowest BCUT2D eigenvalue weighted by Gasteiger charge is -2.40. The van der Waals surface area contributed by atoms with Crippen LogP contribution < -0.4 is 15.9 Å². The average molecular weight is 633 g/mol. The molecule has 3 aromatic carbocycles. The zero-order valence-electron chi connectivity index (χ0n) is 27.0. The number of hydrogen-bond donors (Lipinski definition) is 0. The number of benzene rings is 3. The van der Waals surface area contributed by atoms with E-state index in [0.717, 1.165) is 0 Å². The summed E-state index contributed by atoms with van der Waals surface area (Å²) in [4.78, 5) is 57.0. The second-order valence-electron chi connectivity index (χ2n) is 13.3. The van der Waals surface area contributed by atoms with Crippen LogP contribution in [0, 0.1) is 11.8 Å². The van der Waals surface area contributed by atoms with Crippen LogP contribution in [-0.2, 0) is 38.1 Å². The smallest absolute Gasteiger partial charge is 0.336 e. The Morgan fingerprint density at radius 2 is 1.02 bits per heavy atom. The van der Waals surface area contributed by atoms with Gasteiger partial charge in [-0.05, 0) is 64.3 Å². The molecule has 3 aromatic rings. The Morgan fingerprint density at radius 1 is 0.667 bits per heavy atom. The normalized spacial score (nSPS) is 16.2. The lowest BCUT2D eigenvalue weighted by atomic mass is 9.88. The number of carbonyl (C=O) groups excluding carboxylic acids is 4. The van der Waals surface area contributed by atoms with Gasteiger partial charge in [0.15, 0.2) is 5.92 Å². The summed E-state index contributed by atoms with van der Waals surface area (Å²) in [6.45, 7) is 9.59. The van der Waals surface area contributed by atoms with Crippen molar-refractivity contribution in [1.82, 2.24) is 0 Å². The molecule has 1 saturated heterocycles. The van der Waals surface area contributed by atoms with Crippen LogP contribution in [0.1, 0.15) is 55.4 Å². The second kappa shape index (κ2) is 12.7. The van der Waals surface area contributed by atoms with Gasteiger partial charge in [0.1, 0.15) is 17.1 Å². The lowest BCUT2D eigenvalue weighted by molar-refractivity contribution is -0.242. The van der Waals surface area contributed by atoms with E-state index in [1.807, 2.05) is 91.0 Å². The van der Waals surface area contributed by atoms with E-state index in [2.05, 4.69) is 0 Å². The van der Waals surface area contributed by atoms with Crippen LogP contribution in [0.2, 0.25) is 0 Å². The molecule has 0 radical (unpaired) electrons. The van der Waals surface area contributed by atoms with Gasteiger partial charge in [-0.1, -0.05) is 91.0 Å². The van der Waals surface area contributed by atoms with Crippen LogP contribution in [0.25, 0.3) is 0 Å². The van der Waals surface area contributed by atoms with Crippen molar-refractivity contribution in [3.8, 4) is 0 Å². The predicted molar refractivity (Wildman–Crippen MR) is 175 cm³/mol.